The number of aromatic nitrogens is 1. The van der Waals surface area contributed by atoms with Gasteiger partial charge in [-0.15, -0.1) is 22.7 Å². The Morgan fingerprint density at radius 1 is 1.23 bits per heavy atom. The van der Waals surface area contributed by atoms with Crippen molar-refractivity contribution in [3.05, 3.63) is 62.2 Å². The van der Waals surface area contributed by atoms with E-state index >= 15 is 0 Å². The van der Waals surface area contributed by atoms with Crippen molar-refractivity contribution in [3.8, 4) is 10.6 Å². The van der Waals surface area contributed by atoms with Crippen molar-refractivity contribution in [1.82, 2.24) is 10.3 Å². The molecule has 0 fully saturated rings. The Hall–Kier alpha value is -1.50. The first-order valence-corrected chi connectivity index (χ1v) is 9.25. The first-order chi connectivity index (χ1) is 10.7. The van der Waals surface area contributed by atoms with Gasteiger partial charge in [-0.2, -0.15) is 0 Å². The Labute approximate surface area is 145 Å². The molecule has 3 rings (SSSR count). The number of nitrogens with zero attached hydrogens (tertiary/aromatic N) is 1. The smallest absolute Gasteiger partial charge is 0.226 e. The van der Waals surface area contributed by atoms with Crippen LogP contribution >= 0.6 is 38.6 Å². The maximum Gasteiger partial charge on any atom is 0.226 e. The number of nitrogens with one attached hydrogen (secondary N) is 1. The van der Waals surface area contributed by atoms with E-state index in [4.69, 9.17) is 0 Å². The van der Waals surface area contributed by atoms with Crippen LogP contribution in [0, 0.1) is 0 Å². The van der Waals surface area contributed by atoms with E-state index in [0.29, 0.717) is 13.0 Å². The number of rotatable bonds is 5. The Morgan fingerprint density at radius 3 is 2.91 bits per heavy atom. The number of benzene rings is 1. The second kappa shape index (κ2) is 7.17. The lowest BCUT2D eigenvalue weighted by atomic mass is 10.2. The summed E-state index contributed by atoms with van der Waals surface area (Å²) in [5.74, 6) is -0.000470. The van der Waals surface area contributed by atoms with E-state index in [2.05, 4.69) is 26.2 Å². The van der Waals surface area contributed by atoms with Gasteiger partial charge in [-0.05, 0) is 23.6 Å². The van der Waals surface area contributed by atoms with Crippen molar-refractivity contribution in [2.45, 2.75) is 13.0 Å². The summed E-state index contributed by atoms with van der Waals surface area (Å²) in [6.45, 7) is 0.582. The first kappa shape index (κ1) is 15.4. The van der Waals surface area contributed by atoms with Crippen molar-refractivity contribution in [2.75, 3.05) is 0 Å². The van der Waals surface area contributed by atoms with E-state index in [1.54, 1.807) is 22.7 Å². The van der Waals surface area contributed by atoms with Crippen molar-refractivity contribution < 1.29 is 4.79 Å². The fraction of sp³-hybridized carbons (Fsp3) is 0.125. The molecule has 0 radical (unpaired) electrons. The minimum Gasteiger partial charge on any atom is -0.351 e. The van der Waals surface area contributed by atoms with E-state index < -0.39 is 0 Å². The van der Waals surface area contributed by atoms with Crippen LogP contribution in [-0.4, -0.2) is 10.9 Å². The molecule has 6 heteroatoms. The minimum absolute atomic E-state index is 0.000470. The molecule has 0 aliphatic heterocycles. The summed E-state index contributed by atoms with van der Waals surface area (Å²) in [6, 6.07) is 12.0. The van der Waals surface area contributed by atoms with Crippen molar-refractivity contribution in [2.24, 2.45) is 0 Å². The Bertz CT molecular complexity index is 768. The van der Waals surface area contributed by atoms with Crippen LogP contribution in [0.25, 0.3) is 10.6 Å². The van der Waals surface area contributed by atoms with Crippen LogP contribution in [0.2, 0.25) is 0 Å². The Balaban J connectivity index is 1.60. The molecule has 0 atom stereocenters. The van der Waals surface area contributed by atoms with Gasteiger partial charge in [-0.1, -0.05) is 34.1 Å². The third-order valence-corrected chi connectivity index (χ3v) is 5.31. The molecule has 3 aromatic rings. The second-order valence-electron chi connectivity index (χ2n) is 4.69. The zero-order valence-corrected chi connectivity index (χ0v) is 14.8. The fourth-order valence-electron chi connectivity index (χ4n) is 1.97. The van der Waals surface area contributed by atoms with Gasteiger partial charge in [0.1, 0.15) is 5.01 Å². The average Bonchev–Trinajstić information content (AvgIpc) is 3.16. The lowest BCUT2D eigenvalue weighted by Crippen LogP contribution is -2.24. The lowest BCUT2D eigenvalue weighted by Gasteiger charge is -2.01. The second-order valence-corrected chi connectivity index (χ2v) is 7.49. The number of hydrogen-bond acceptors (Lipinski definition) is 4. The normalized spacial score (nSPS) is 10.6. The standard InChI is InChI=1S/C16H13BrN2OS2/c17-12-4-1-3-11(7-12)16-19-13(10-22-16)8-15(20)18-9-14-5-2-6-21-14/h1-7,10H,8-9H2,(H,18,20). The van der Waals surface area contributed by atoms with Crippen LogP contribution in [-0.2, 0) is 17.8 Å². The average molecular weight is 393 g/mol. The van der Waals surface area contributed by atoms with Crippen LogP contribution in [0.15, 0.2) is 51.6 Å². The maximum atomic E-state index is 12.0. The highest BCUT2D eigenvalue weighted by Gasteiger charge is 2.09. The molecule has 1 amide bonds. The molecule has 0 saturated carbocycles. The lowest BCUT2D eigenvalue weighted by molar-refractivity contribution is -0.120. The van der Waals surface area contributed by atoms with Crippen LogP contribution in [0.1, 0.15) is 10.6 Å². The van der Waals surface area contributed by atoms with Crippen molar-refractivity contribution in [1.29, 1.82) is 0 Å². The van der Waals surface area contributed by atoms with E-state index in [9.17, 15) is 4.79 Å². The SMILES string of the molecule is O=C(Cc1csc(-c2cccc(Br)c2)n1)NCc1cccs1. The maximum absolute atomic E-state index is 12.0. The molecular weight excluding hydrogens is 380 g/mol. The summed E-state index contributed by atoms with van der Waals surface area (Å²) in [7, 11) is 0. The zero-order valence-electron chi connectivity index (χ0n) is 11.6. The molecule has 0 aliphatic carbocycles. The summed E-state index contributed by atoms with van der Waals surface area (Å²) < 4.78 is 1.02. The predicted molar refractivity (Wildman–Crippen MR) is 95.1 cm³/mol. The van der Waals surface area contributed by atoms with Gasteiger partial charge >= 0.3 is 0 Å². The van der Waals surface area contributed by atoms with Crippen molar-refractivity contribution in [3.63, 3.8) is 0 Å². The summed E-state index contributed by atoms with van der Waals surface area (Å²) >= 11 is 6.66. The topological polar surface area (TPSA) is 42.0 Å². The first-order valence-electron chi connectivity index (χ1n) is 6.70. The molecule has 2 aromatic heterocycles. The molecule has 0 bridgehead atoms. The van der Waals surface area contributed by atoms with Crippen LogP contribution in [0.3, 0.4) is 0 Å². The summed E-state index contributed by atoms with van der Waals surface area (Å²) in [4.78, 5) is 17.7. The van der Waals surface area contributed by atoms with E-state index in [1.807, 2.05) is 47.2 Å². The van der Waals surface area contributed by atoms with Gasteiger partial charge < -0.3 is 5.32 Å². The minimum atomic E-state index is -0.000470. The Kier molecular flexibility index (Phi) is 5.02. The van der Waals surface area contributed by atoms with E-state index in [-0.39, 0.29) is 5.91 Å². The number of halogens is 1. The number of carbonyl (C=O) groups is 1. The van der Waals surface area contributed by atoms with E-state index in [0.717, 1.165) is 25.6 Å². The van der Waals surface area contributed by atoms with Crippen LogP contribution in [0.4, 0.5) is 0 Å². The zero-order chi connectivity index (χ0) is 15.4. The number of thiazole rings is 1. The van der Waals surface area contributed by atoms with Gasteiger partial charge in [-0.25, -0.2) is 4.98 Å². The molecule has 1 aromatic carbocycles. The van der Waals surface area contributed by atoms with E-state index in [1.165, 1.54) is 0 Å². The molecule has 0 aliphatic rings. The molecule has 0 unspecified atom stereocenters. The van der Waals surface area contributed by atoms with Crippen LogP contribution < -0.4 is 5.32 Å². The number of hydrogen-bond donors (Lipinski definition) is 1. The highest BCUT2D eigenvalue weighted by molar-refractivity contribution is 9.10. The third-order valence-electron chi connectivity index (χ3n) is 3.00. The predicted octanol–water partition coefficient (Wildman–Crippen LogP) is 4.49. The summed E-state index contributed by atoms with van der Waals surface area (Å²) in [5, 5.41) is 7.80. The van der Waals surface area contributed by atoms with Gasteiger partial charge in [-0.3, -0.25) is 4.79 Å². The van der Waals surface area contributed by atoms with Crippen molar-refractivity contribution >= 4 is 44.5 Å². The highest BCUT2D eigenvalue weighted by atomic mass is 79.9. The fourth-order valence-corrected chi connectivity index (χ4v) is 3.83. The molecule has 0 spiro atoms. The number of carbonyl (C=O) groups excluding carboxylic acids is 1. The largest absolute Gasteiger partial charge is 0.351 e. The summed E-state index contributed by atoms with van der Waals surface area (Å²) in [6.07, 6.45) is 0.315. The number of thiophene rings is 1. The monoisotopic (exact) mass is 392 g/mol. The molecule has 22 heavy (non-hydrogen) atoms. The molecule has 3 nitrogen and oxygen atoms in total. The molecular formula is C16H13BrN2OS2. The third kappa shape index (κ3) is 4.03. The van der Waals surface area contributed by atoms with Gasteiger partial charge in [0.15, 0.2) is 0 Å². The highest BCUT2D eigenvalue weighted by Crippen LogP contribution is 2.26. The summed E-state index contributed by atoms with van der Waals surface area (Å²) in [5.41, 5.74) is 1.87. The molecule has 0 saturated heterocycles. The van der Waals surface area contributed by atoms with Crippen LogP contribution in [0.5, 0.6) is 0 Å². The van der Waals surface area contributed by atoms with Gasteiger partial charge in [0.2, 0.25) is 5.91 Å². The molecule has 2 heterocycles. The van der Waals surface area contributed by atoms with Gasteiger partial charge in [0.05, 0.1) is 18.7 Å². The van der Waals surface area contributed by atoms with Gasteiger partial charge in [0.25, 0.3) is 0 Å². The van der Waals surface area contributed by atoms with Gasteiger partial charge in [0, 0.05) is 20.3 Å². The Morgan fingerprint density at radius 2 is 2.14 bits per heavy atom. The molecule has 112 valence electrons. The number of amides is 1. The molecule has 1 N–H and O–H groups in total. The quantitative estimate of drug-likeness (QED) is 0.694.